The third-order valence-electron chi connectivity index (χ3n) is 3.13. The molecule has 0 aliphatic carbocycles. The number of nitrogens with zero attached hydrogens (tertiary/aromatic N) is 1. The van der Waals surface area contributed by atoms with E-state index >= 15 is 0 Å². The molecule has 5 heteroatoms. The normalized spacial score (nSPS) is 17.9. The average Bonchev–Trinajstić information content (AvgIpc) is 3.03. The van der Waals surface area contributed by atoms with Crippen molar-refractivity contribution in [2.24, 2.45) is 0 Å². The lowest BCUT2D eigenvalue weighted by atomic mass is 10.1. The van der Waals surface area contributed by atoms with Gasteiger partial charge in [-0.2, -0.15) is 0 Å². The number of carbonyl (C=O) groups excluding carboxylic acids is 1. The Morgan fingerprint density at radius 2 is 2.10 bits per heavy atom. The fourth-order valence-corrected chi connectivity index (χ4v) is 2.98. The fourth-order valence-electron chi connectivity index (χ4n) is 2.04. The van der Waals surface area contributed by atoms with Gasteiger partial charge >= 0.3 is 0 Å². The molecule has 2 N–H and O–H groups in total. The maximum absolute atomic E-state index is 12.0. The molecule has 3 rings (SSSR count). The first kappa shape index (κ1) is 13.1. The molecule has 2 aromatic rings. The molecular weight excluding hydrogens is 270 g/mol. The van der Waals surface area contributed by atoms with Gasteiger partial charge in [0.05, 0.1) is 23.6 Å². The number of carbonyl (C=O) groups is 1. The number of hydrogen-bond donors (Lipinski definition) is 2. The zero-order chi connectivity index (χ0) is 13.8. The Morgan fingerprint density at radius 3 is 2.75 bits per heavy atom. The van der Waals surface area contributed by atoms with Gasteiger partial charge in [-0.3, -0.25) is 15.1 Å². The Morgan fingerprint density at radius 1 is 1.25 bits per heavy atom. The van der Waals surface area contributed by atoms with Crippen molar-refractivity contribution in [3.63, 3.8) is 0 Å². The van der Waals surface area contributed by atoms with Crippen LogP contribution in [0.2, 0.25) is 0 Å². The van der Waals surface area contributed by atoms with Gasteiger partial charge < -0.3 is 5.32 Å². The maximum atomic E-state index is 12.0. The van der Waals surface area contributed by atoms with Crippen LogP contribution in [0.3, 0.4) is 0 Å². The van der Waals surface area contributed by atoms with Crippen molar-refractivity contribution in [1.29, 1.82) is 0 Å². The molecule has 1 aliphatic heterocycles. The van der Waals surface area contributed by atoms with Crippen LogP contribution < -0.4 is 10.6 Å². The maximum Gasteiger partial charge on any atom is 0.242 e. The summed E-state index contributed by atoms with van der Waals surface area (Å²) < 4.78 is 0. The molecule has 20 heavy (non-hydrogen) atoms. The molecule has 1 aromatic heterocycles. The highest BCUT2D eigenvalue weighted by molar-refractivity contribution is 7.99. The lowest BCUT2D eigenvalue weighted by Gasteiger charge is -2.10. The molecule has 1 fully saturated rings. The number of nitrogens with one attached hydrogen (secondary N) is 2. The van der Waals surface area contributed by atoms with Gasteiger partial charge in [0.1, 0.15) is 0 Å². The molecule has 102 valence electrons. The van der Waals surface area contributed by atoms with Crippen molar-refractivity contribution >= 4 is 23.4 Å². The smallest absolute Gasteiger partial charge is 0.242 e. The summed E-state index contributed by atoms with van der Waals surface area (Å²) in [6.45, 7) is 0. The SMILES string of the molecule is O=C(Nc1ccc(-c2ccccc2)nc1)C1CSCN1. The Kier molecular flexibility index (Phi) is 3.99. The molecule has 4 nitrogen and oxygen atoms in total. The zero-order valence-corrected chi connectivity index (χ0v) is 11.7. The summed E-state index contributed by atoms with van der Waals surface area (Å²) in [5, 5.41) is 6.03. The number of rotatable bonds is 3. The molecule has 1 amide bonds. The topological polar surface area (TPSA) is 54.0 Å². The van der Waals surface area contributed by atoms with E-state index in [1.807, 2.05) is 42.5 Å². The number of thioether (sulfide) groups is 1. The Hall–Kier alpha value is -1.85. The van der Waals surface area contributed by atoms with Crippen LogP contribution in [0.5, 0.6) is 0 Å². The van der Waals surface area contributed by atoms with E-state index in [1.165, 1.54) is 0 Å². The summed E-state index contributed by atoms with van der Waals surface area (Å²) >= 11 is 1.73. The minimum atomic E-state index is -0.103. The number of pyridine rings is 1. The van der Waals surface area contributed by atoms with Crippen LogP contribution in [0.25, 0.3) is 11.3 Å². The third kappa shape index (κ3) is 3.00. The van der Waals surface area contributed by atoms with Gasteiger partial charge in [-0.15, -0.1) is 11.8 Å². The van der Waals surface area contributed by atoms with E-state index in [9.17, 15) is 4.79 Å². The molecule has 1 aliphatic rings. The minimum Gasteiger partial charge on any atom is -0.323 e. The predicted octanol–water partition coefficient (Wildman–Crippen LogP) is 2.35. The summed E-state index contributed by atoms with van der Waals surface area (Å²) in [4.78, 5) is 16.3. The fraction of sp³-hybridized carbons (Fsp3) is 0.200. The highest BCUT2D eigenvalue weighted by Crippen LogP contribution is 2.18. The second kappa shape index (κ2) is 6.07. The van der Waals surface area contributed by atoms with E-state index in [1.54, 1.807) is 18.0 Å². The summed E-state index contributed by atoms with van der Waals surface area (Å²) in [5.74, 6) is 1.66. The van der Waals surface area contributed by atoms with Gasteiger partial charge in [0, 0.05) is 17.2 Å². The van der Waals surface area contributed by atoms with Crippen molar-refractivity contribution in [3.8, 4) is 11.3 Å². The van der Waals surface area contributed by atoms with E-state index in [0.29, 0.717) is 0 Å². The zero-order valence-electron chi connectivity index (χ0n) is 10.9. The standard InChI is InChI=1S/C15H15N3OS/c19-15(14-9-20-10-17-14)18-12-6-7-13(16-8-12)11-4-2-1-3-5-11/h1-8,14,17H,9-10H2,(H,18,19). The Balaban J connectivity index is 1.68. The van der Waals surface area contributed by atoms with Crippen LogP contribution in [-0.2, 0) is 4.79 Å². The van der Waals surface area contributed by atoms with Crippen molar-refractivity contribution in [3.05, 3.63) is 48.7 Å². The van der Waals surface area contributed by atoms with E-state index in [2.05, 4.69) is 15.6 Å². The Labute approximate surface area is 122 Å². The monoisotopic (exact) mass is 285 g/mol. The first-order chi connectivity index (χ1) is 9.83. The lowest BCUT2D eigenvalue weighted by Crippen LogP contribution is -2.37. The van der Waals surface area contributed by atoms with Gasteiger partial charge in [-0.25, -0.2) is 0 Å². The van der Waals surface area contributed by atoms with Crippen LogP contribution in [0.1, 0.15) is 0 Å². The van der Waals surface area contributed by atoms with Crippen molar-refractivity contribution in [1.82, 2.24) is 10.3 Å². The minimum absolute atomic E-state index is 0.00395. The number of amides is 1. The largest absolute Gasteiger partial charge is 0.323 e. The molecule has 2 heterocycles. The molecule has 0 radical (unpaired) electrons. The third-order valence-corrected chi connectivity index (χ3v) is 4.07. The molecule has 1 unspecified atom stereocenters. The highest BCUT2D eigenvalue weighted by atomic mass is 32.2. The van der Waals surface area contributed by atoms with Crippen LogP contribution in [0.15, 0.2) is 48.7 Å². The van der Waals surface area contributed by atoms with Gasteiger partial charge in [0.15, 0.2) is 0 Å². The summed E-state index contributed by atoms with van der Waals surface area (Å²) in [6.07, 6.45) is 1.70. The van der Waals surface area contributed by atoms with Crippen molar-refractivity contribution in [2.45, 2.75) is 6.04 Å². The van der Waals surface area contributed by atoms with Gasteiger partial charge in [-0.05, 0) is 12.1 Å². The second-order valence-corrected chi connectivity index (χ2v) is 5.59. The summed E-state index contributed by atoms with van der Waals surface area (Å²) in [5.41, 5.74) is 2.70. The van der Waals surface area contributed by atoms with E-state index in [4.69, 9.17) is 0 Å². The number of benzene rings is 1. The Bertz CT molecular complexity index is 580. The number of hydrogen-bond acceptors (Lipinski definition) is 4. The first-order valence-electron chi connectivity index (χ1n) is 6.46. The predicted molar refractivity (Wildman–Crippen MR) is 82.6 cm³/mol. The summed E-state index contributed by atoms with van der Waals surface area (Å²) in [7, 11) is 0. The van der Waals surface area contributed by atoms with Gasteiger partial charge in [0.25, 0.3) is 0 Å². The van der Waals surface area contributed by atoms with Crippen LogP contribution in [0.4, 0.5) is 5.69 Å². The molecular formula is C15H15N3OS. The number of aromatic nitrogens is 1. The highest BCUT2D eigenvalue weighted by Gasteiger charge is 2.22. The quantitative estimate of drug-likeness (QED) is 0.909. The van der Waals surface area contributed by atoms with E-state index < -0.39 is 0 Å². The average molecular weight is 285 g/mol. The molecule has 1 atom stereocenters. The van der Waals surface area contributed by atoms with Gasteiger partial charge in [-0.1, -0.05) is 30.3 Å². The second-order valence-electron chi connectivity index (χ2n) is 4.56. The van der Waals surface area contributed by atoms with Gasteiger partial charge in [0.2, 0.25) is 5.91 Å². The van der Waals surface area contributed by atoms with Crippen molar-refractivity contribution < 1.29 is 4.79 Å². The van der Waals surface area contributed by atoms with Crippen LogP contribution in [-0.4, -0.2) is 28.6 Å². The summed E-state index contributed by atoms with van der Waals surface area (Å²) in [6, 6.07) is 13.7. The molecule has 0 saturated carbocycles. The van der Waals surface area contributed by atoms with Crippen LogP contribution >= 0.6 is 11.8 Å². The molecule has 0 bridgehead atoms. The van der Waals surface area contributed by atoms with E-state index in [-0.39, 0.29) is 11.9 Å². The van der Waals surface area contributed by atoms with Crippen molar-refractivity contribution in [2.75, 3.05) is 16.9 Å². The molecule has 1 saturated heterocycles. The first-order valence-corrected chi connectivity index (χ1v) is 7.62. The number of anilines is 1. The molecule has 0 spiro atoms. The van der Waals surface area contributed by atoms with E-state index in [0.717, 1.165) is 28.6 Å². The molecule has 1 aromatic carbocycles. The lowest BCUT2D eigenvalue weighted by molar-refractivity contribution is -0.117. The van der Waals surface area contributed by atoms with Crippen LogP contribution in [0, 0.1) is 0 Å².